The minimum atomic E-state index is -4.39. The molecular weight excluding hydrogens is 1170 g/mol. The molecule has 0 bridgehead atoms. The summed E-state index contributed by atoms with van der Waals surface area (Å²) in [7, 11) is -4.39. The Balaban J connectivity index is 3.70. The van der Waals surface area contributed by atoms with E-state index in [1.54, 1.807) is 0 Å². The summed E-state index contributed by atoms with van der Waals surface area (Å²) in [5, 5.41) is 0. The maximum absolute atomic E-state index is 12.8. The van der Waals surface area contributed by atoms with Gasteiger partial charge in [-0.3, -0.25) is 18.6 Å². The van der Waals surface area contributed by atoms with E-state index < -0.39 is 26.5 Å². The summed E-state index contributed by atoms with van der Waals surface area (Å²) in [6.45, 7) is 3.85. The van der Waals surface area contributed by atoms with Gasteiger partial charge >= 0.3 is 19.8 Å². The third kappa shape index (κ3) is 79.6. The van der Waals surface area contributed by atoms with Crippen LogP contribution in [0.1, 0.15) is 476 Å². The summed E-state index contributed by atoms with van der Waals surface area (Å²) >= 11 is 0. The zero-order chi connectivity index (χ0) is 67.2. The fourth-order valence-electron chi connectivity index (χ4n) is 13.4. The third-order valence-corrected chi connectivity index (χ3v) is 20.6. The van der Waals surface area contributed by atoms with Gasteiger partial charge in [-0.05, 0) is 38.5 Å². The van der Waals surface area contributed by atoms with Crippen LogP contribution in [0.5, 0.6) is 0 Å². The molecule has 9 nitrogen and oxygen atoms in total. The standard InChI is InChI=1S/C83H164NO8P/c1-3-5-7-9-11-13-15-17-19-21-23-25-27-29-31-33-35-37-38-39-40-41-42-44-46-48-50-52-54-56-58-60-62-64-66-68-70-72-74-76-83(86)92-81(80-91-93(87,88)90-78-77-84)79-89-82(85)75-73-71-69-67-65-63-61-59-57-55-53-51-49-47-45-43-36-34-32-30-28-26-24-22-20-18-16-14-12-10-8-6-4-2/h21,23,81H,3-20,22,24-80,84H2,1-2H3,(H,87,88)/b23-21-. The van der Waals surface area contributed by atoms with Crippen LogP contribution in [0.3, 0.4) is 0 Å². The van der Waals surface area contributed by atoms with E-state index in [1.807, 2.05) is 0 Å². The second-order valence-electron chi connectivity index (χ2n) is 29.1. The fourth-order valence-corrected chi connectivity index (χ4v) is 14.2. The SMILES string of the molecule is CCCCCCCCCC/C=C\CCCCCCCCCCCCCCCCCCCCCCCCCCCCCC(=O)OC(COC(=O)CCCCCCCCCCCCCCCCCCCCCCCCCCCCCCCCCCC)COP(=O)(O)OCCN. The summed E-state index contributed by atoms with van der Waals surface area (Å²) in [6.07, 6.45) is 99.6. The van der Waals surface area contributed by atoms with E-state index in [2.05, 4.69) is 26.0 Å². The topological polar surface area (TPSA) is 134 Å². The lowest BCUT2D eigenvalue weighted by molar-refractivity contribution is -0.161. The van der Waals surface area contributed by atoms with Gasteiger partial charge < -0.3 is 20.1 Å². The van der Waals surface area contributed by atoms with Crippen molar-refractivity contribution < 1.29 is 37.6 Å². The lowest BCUT2D eigenvalue weighted by Gasteiger charge is -2.19. The first kappa shape index (κ1) is 91.8. The second kappa shape index (κ2) is 79.7. The molecule has 0 aliphatic heterocycles. The van der Waals surface area contributed by atoms with Crippen molar-refractivity contribution in [3.8, 4) is 0 Å². The van der Waals surface area contributed by atoms with E-state index in [0.717, 1.165) is 32.1 Å². The highest BCUT2D eigenvalue weighted by molar-refractivity contribution is 7.47. The van der Waals surface area contributed by atoms with Crippen LogP contribution in [0, 0.1) is 0 Å². The number of phosphoric ester groups is 1. The van der Waals surface area contributed by atoms with Crippen LogP contribution >= 0.6 is 7.82 Å². The van der Waals surface area contributed by atoms with Gasteiger partial charge in [-0.1, -0.05) is 437 Å². The number of allylic oxidation sites excluding steroid dienone is 2. The summed E-state index contributed by atoms with van der Waals surface area (Å²) in [5.74, 6) is -0.795. The van der Waals surface area contributed by atoms with Crippen LogP contribution in [0.4, 0.5) is 0 Å². The number of carbonyl (C=O) groups is 2. The van der Waals surface area contributed by atoms with Crippen LogP contribution in [0.15, 0.2) is 12.2 Å². The number of nitrogens with two attached hydrogens (primary N) is 1. The number of esters is 2. The van der Waals surface area contributed by atoms with Crippen LogP contribution < -0.4 is 5.73 Å². The smallest absolute Gasteiger partial charge is 0.462 e. The molecule has 0 aliphatic rings. The first-order chi connectivity index (χ1) is 45.8. The maximum Gasteiger partial charge on any atom is 0.472 e. The van der Waals surface area contributed by atoms with Crippen LogP contribution in [-0.4, -0.2) is 49.3 Å². The minimum absolute atomic E-state index is 0.0584. The number of phosphoric acid groups is 1. The number of unbranched alkanes of at least 4 members (excludes halogenated alkanes) is 67. The van der Waals surface area contributed by atoms with E-state index in [4.69, 9.17) is 24.3 Å². The molecule has 0 rings (SSSR count). The predicted molar refractivity (Wildman–Crippen MR) is 405 cm³/mol. The molecule has 0 amide bonds. The zero-order valence-corrected chi connectivity index (χ0v) is 63.7. The van der Waals surface area contributed by atoms with Gasteiger partial charge in [0.15, 0.2) is 6.10 Å². The van der Waals surface area contributed by atoms with Gasteiger partial charge in [-0.25, -0.2) is 4.57 Å². The molecule has 0 aromatic carbocycles. The van der Waals surface area contributed by atoms with Crippen LogP contribution in [0.25, 0.3) is 0 Å². The van der Waals surface area contributed by atoms with Crippen molar-refractivity contribution in [2.24, 2.45) is 5.73 Å². The largest absolute Gasteiger partial charge is 0.472 e. The van der Waals surface area contributed by atoms with Crippen molar-refractivity contribution in [1.29, 1.82) is 0 Å². The fraction of sp³-hybridized carbons (Fsp3) is 0.952. The number of hydrogen-bond acceptors (Lipinski definition) is 8. The normalized spacial score (nSPS) is 12.8. The molecule has 0 radical (unpaired) electrons. The lowest BCUT2D eigenvalue weighted by Crippen LogP contribution is -2.29. The third-order valence-electron chi connectivity index (χ3n) is 19.7. The molecule has 0 saturated heterocycles. The van der Waals surface area contributed by atoms with Crippen molar-refractivity contribution in [2.45, 2.75) is 482 Å². The highest BCUT2D eigenvalue weighted by Gasteiger charge is 2.26. The van der Waals surface area contributed by atoms with Gasteiger partial charge in [-0.2, -0.15) is 0 Å². The molecule has 0 saturated carbocycles. The lowest BCUT2D eigenvalue weighted by atomic mass is 10.0. The Labute approximate surface area is 580 Å². The Morgan fingerprint density at radius 3 is 0.763 bits per heavy atom. The number of rotatable bonds is 82. The van der Waals surface area contributed by atoms with Gasteiger partial charge in [0.25, 0.3) is 0 Å². The highest BCUT2D eigenvalue weighted by atomic mass is 31.2. The summed E-state index contributed by atoms with van der Waals surface area (Å²) < 4.78 is 33.3. The molecule has 93 heavy (non-hydrogen) atoms. The molecule has 0 aliphatic carbocycles. The first-order valence-corrected chi connectivity index (χ1v) is 43.7. The van der Waals surface area contributed by atoms with Crippen molar-refractivity contribution in [3.05, 3.63) is 12.2 Å². The maximum atomic E-state index is 12.8. The van der Waals surface area contributed by atoms with Crippen LogP contribution in [-0.2, 0) is 32.7 Å². The number of ether oxygens (including phenoxy) is 2. The molecule has 0 spiro atoms. The molecule has 0 heterocycles. The van der Waals surface area contributed by atoms with E-state index in [0.29, 0.717) is 6.42 Å². The van der Waals surface area contributed by atoms with Crippen molar-refractivity contribution in [2.75, 3.05) is 26.4 Å². The minimum Gasteiger partial charge on any atom is -0.462 e. The summed E-state index contributed by atoms with van der Waals surface area (Å²) in [5.41, 5.74) is 5.42. The Kier molecular flexibility index (Phi) is 78.7. The van der Waals surface area contributed by atoms with E-state index in [-0.39, 0.29) is 38.6 Å². The van der Waals surface area contributed by atoms with Crippen molar-refractivity contribution >= 4 is 19.8 Å². The zero-order valence-electron chi connectivity index (χ0n) is 62.8. The predicted octanol–water partition coefficient (Wildman–Crippen LogP) is 28.2. The Bertz CT molecular complexity index is 1530. The van der Waals surface area contributed by atoms with Gasteiger partial charge in [0.05, 0.1) is 13.2 Å². The molecule has 0 aromatic rings. The summed E-state index contributed by atoms with van der Waals surface area (Å²) in [4.78, 5) is 35.5. The molecule has 0 fully saturated rings. The monoisotopic (exact) mass is 1330 g/mol. The average Bonchev–Trinajstić information content (AvgIpc) is 3.60. The highest BCUT2D eigenvalue weighted by Crippen LogP contribution is 2.43. The van der Waals surface area contributed by atoms with Gasteiger partial charge in [0.1, 0.15) is 6.61 Å². The number of hydrogen-bond donors (Lipinski definition) is 2. The molecule has 0 aromatic heterocycles. The molecule has 3 N–H and O–H groups in total. The molecule has 10 heteroatoms. The van der Waals surface area contributed by atoms with Gasteiger partial charge in [0, 0.05) is 19.4 Å². The van der Waals surface area contributed by atoms with Crippen molar-refractivity contribution in [1.82, 2.24) is 0 Å². The molecule has 2 atom stereocenters. The van der Waals surface area contributed by atoms with Gasteiger partial charge in [0.2, 0.25) is 0 Å². The number of carbonyl (C=O) groups excluding carboxylic acids is 2. The molecule has 2 unspecified atom stereocenters. The Morgan fingerprint density at radius 2 is 0.527 bits per heavy atom. The van der Waals surface area contributed by atoms with Gasteiger partial charge in [-0.15, -0.1) is 0 Å². The second-order valence-corrected chi connectivity index (χ2v) is 30.5. The average molecular weight is 1340 g/mol. The van der Waals surface area contributed by atoms with E-state index >= 15 is 0 Å². The summed E-state index contributed by atoms with van der Waals surface area (Å²) in [6, 6.07) is 0. The first-order valence-electron chi connectivity index (χ1n) is 42.2. The Morgan fingerprint density at radius 1 is 0.312 bits per heavy atom. The van der Waals surface area contributed by atoms with Crippen LogP contribution in [0.2, 0.25) is 0 Å². The van der Waals surface area contributed by atoms with E-state index in [1.165, 1.54) is 411 Å². The molecule has 554 valence electrons. The quantitative estimate of drug-likeness (QED) is 0.0264. The molecular formula is C83H164NO8P. The van der Waals surface area contributed by atoms with E-state index in [9.17, 15) is 19.0 Å². The van der Waals surface area contributed by atoms with Crippen molar-refractivity contribution in [3.63, 3.8) is 0 Å². The Hall–Kier alpha value is -1.25.